The number of aromatic nitrogens is 3. The first-order valence-corrected chi connectivity index (χ1v) is 10.3. The van der Waals surface area contributed by atoms with Gasteiger partial charge >= 0.3 is 0 Å². The lowest BCUT2D eigenvalue weighted by atomic mass is 9.85. The molecule has 0 aliphatic carbocycles. The van der Waals surface area contributed by atoms with Crippen molar-refractivity contribution in [3.05, 3.63) is 71.5 Å². The fourth-order valence-corrected chi connectivity index (χ4v) is 3.63. The highest BCUT2D eigenvalue weighted by Crippen LogP contribution is 2.23. The molecule has 28 heavy (non-hydrogen) atoms. The number of aryl methyl sites for hydroxylation is 2. The van der Waals surface area contributed by atoms with E-state index in [2.05, 4.69) is 67.5 Å². The molecule has 0 aliphatic heterocycles. The van der Waals surface area contributed by atoms with Crippen LogP contribution in [0.1, 0.15) is 30.5 Å². The maximum absolute atomic E-state index is 12.4. The first-order valence-electron chi connectivity index (χ1n) is 9.29. The van der Waals surface area contributed by atoms with Crippen molar-refractivity contribution in [2.24, 2.45) is 0 Å². The predicted molar refractivity (Wildman–Crippen MR) is 114 cm³/mol. The molecule has 1 aromatic heterocycles. The minimum absolute atomic E-state index is 0.0105. The zero-order chi connectivity index (χ0) is 20.1. The summed E-state index contributed by atoms with van der Waals surface area (Å²) in [5.41, 5.74) is 4.54. The van der Waals surface area contributed by atoms with Crippen LogP contribution in [0.2, 0.25) is 0 Å². The number of nitrogens with zero attached hydrogens (tertiary/aromatic N) is 3. The van der Waals surface area contributed by atoms with Crippen LogP contribution >= 0.6 is 11.8 Å². The summed E-state index contributed by atoms with van der Waals surface area (Å²) in [5.74, 6) is 0.289. The number of benzene rings is 2. The Hall–Kier alpha value is -2.60. The second-order valence-electron chi connectivity index (χ2n) is 7.57. The predicted octanol–water partition coefficient (Wildman–Crippen LogP) is 4.07. The number of nitrogens with one attached hydrogen (secondary N) is 1. The molecule has 0 unspecified atom stereocenters. The fraction of sp³-hybridized carbons (Fsp3) is 0.318. The molecule has 6 heteroatoms. The van der Waals surface area contributed by atoms with Crippen LogP contribution in [0.4, 0.5) is 0 Å². The third-order valence-corrected chi connectivity index (χ3v) is 5.84. The van der Waals surface area contributed by atoms with Crippen molar-refractivity contribution in [1.29, 1.82) is 0 Å². The van der Waals surface area contributed by atoms with Crippen molar-refractivity contribution in [1.82, 2.24) is 20.1 Å². The Labute approximate surface area is 170 Å². The summed E-state index contributed by atoms with van der Waals surface area (Å²) in [7, 11) is 0. The summed E-state index contributed by atoms with van der Waals surface area (Å²) >= 11 is 1.39. The molecule has 0 spiro atoms. The monoisotopic (exact) mass is 394 g/mol. The van der Waals surface area contributed by atoms with Gasteiger partial charge in [-0.1, -0.05) is 62.0 Å². The van der Waals surface area contributed by atoms with Crippen molar-refractivity contribution in [2.45, 2.75) is 38.3 Å². The van der Waals surface area contributed by atoms with Gasteiger partial charge in [-0.2, -0.15) is 0 Å². The fourth-order valence-electron chi connectivity index (χ4n) is 2.87. The Bertz CT molecular complexity index is 950. The van der Waals surface area contributed by atoms with Gasteiger partial charge in [0.15, 0.2) is 5.16 Å². The molecule has 1 amide bonds. The van der Waals surface area contributed by atoms with Gasteiger partial charge < -0.3 is 5.32 Å². The van der Waals surface area contributed by atoms with Crippen molar-refractivity contribution < 1.29 is 4.79 Å². The van der Waals surface area contributed by atoms with E-state index in [9.17, 15) is 4.79 Å². The van der Waals surface area contributed by atoms with Crippen molar-refractivity contribution in [3.63, 3.8) is 0 Å². The number of hydrogen-bond donors (Lipinski definition) is 1. The topological polar surface area (TPSA) is 59.8 Å². The maximum atomic E-state index is 12.4. The van der Waals surface area contributed by atoms with Crippen molar-refractivity contribution >= 4 is 17.7 Å². The Morgan fingerprint density at radius 1 is 1.11 bits per heavy atom. The second-order valence-corrected chi connectivity index (χ2v) is 8.51. The Kier molecular flexibility index (Phi) is 6.19. The third-order valence-electron chi connectivity index (χ3n) is 4.90. The van der Waals surface area contributed by atoms with Gasteiger partial charge in [0, 0.05) is 17.6 Å². The standard InChI is InChI=1S/C22H26N4OS/c1-16-10-11-19(12-17(16)2)26-15-24-25-21(26)28-13-20(27)23-14-22(3,4)18-8-6-5-7-9-18/h5-12,15H,13-14H2,1-4H3,(H,23,27). The zero-order valence-electron chi connectivity index (χ0n) is 16.8. The van der Waals surface area contributed by atoms with Crippen LogP contribution in [0, 0.1) is 13.8 Å². The summed E-state index contributed by atoms with van der Waals surface area (Å²) in [6, 6.07) is 16.4. The molecule has 0 saturated heterocycles. The number of thioether (sulfide) groups is 1. The van der Waals surface area contributed by atoms with Crippen LogP contribution in [0.25, 0.3) is 5.69 Å². The number of carbonyl (C=O) groups is 1. The molecule has 5 nitrogen and oxygen atoms in total. The summed E-state index contributed by atoms with van der Waals surface area (Å²) in [6.07, 6.45) is 1.68. The summed E-state index contributed by atoms with van der Waals surface area (Å²) in [4.78, 5) is 12.4. The molecule has 0 atom stereocenters. The van der Waals surface area contributed by atoms with Gasteiger partial charge in [-0.15, -0.1) is 10.2 Å². The molecule has 0 aliphatic rings. The van der Waals surface area contributed by atoms with E-state index >= 15 is 0 Å². The number of amides is 1. The van der Waals surface area contributed by atoms with Crippen LogP contribution in [0.15, 0.2) is 60.0 Å². The van der Waals surface area contributed by atoms with Gasteiger partial charge in [-0.3, -0.25) is 9.36 Å². The molecular formula is C22H26N4OS. The third kappa shape index (κ3) is 4.81. The van der Waals surface area contributed by atoms with E-state index in [-0.39, 0.29) is 11.3 Å². The van der Waals surface area contributed by atoms with Gasteiger partial charge in [0.2, 0.25) is 5.91 Å². The normalized spacial score (nSPS) is 11.4. The van der Waals surface area contributed by atoms with E-state index in [1.165, 1.54) is 28.5 Å². The molecule has 146 valence electrons. The second kappa shape index (κ2) is 8.61. The molecule has 0 saturated carbocycles. The quantitative estimate of drug-likeness (QED) is 0.614. The largest absolute Gasteiger partial charge is 0.355 e. The van der Waals surface area contributed by atoms with E-state index in [0.717, 1.165) is 5.69 Å². The Morgan fingerprint density at radius 2 is 1.86 bits per heavy atom. The summed E-state index contributed by atoms with van der Waals surface area (Å²) < 4.78 is 1.91. The minimum atomic E-state index is -0.124. The van der Waals surface area contributed by atoms with Gasteiger partial charge in [-0.05, 0) is 42.7 Å². The van der Waals surface area contributed by atoms with Crippen LogP contribution in [-0.2, 0) is 10.2 Å². The lowest BCUT2D eigenvalue weighted by Gasteiger charge is -2.25. The highest BCUT2D eigenvalue weighted by atomic mass is 32.2. The van der Waals surface area contributed by atoms with E-state index in [0.29, 0.717) is 17.5 Å². The van der Waals surface area contributed by atoms with Crippen LogP contribution in [0.3, 0.4) is 0 Å². The first kappa shape index (κ1) is 20.1. The molecule has 3 aromatic rings. The molecule has 0 bridgehead atoms. The van der Waals surface area contributed by atoms with Crippen molar-refractivity contribution in [3.8, 4) is 5.69 Å². The molecule has 0 fully saturated rings. The molecule has 2 aromatic carbocycles. The van der Waals surface area contributed by atoms with Gasteiger partial charge in [0.25, 0.3) is 0 Å². The smallest absolute Gasteiger partial charge is 0.230 e. The van der Waals surface area contributed by atoms with Crippen LogP contribution < -0.4 is 5.32 Å². The first-order chi connectivity index (χ1) is 13.4. The van der Waals surface area contributed by atoms with E-state index in [1.54, 1.807) is 6.33 Å². The molecule has 1 N–H and O–H groups in total. The van der Waals surface area contributed by atoms with Gasteiger partial charge in [-0.25, -0.2) is 0 Å². The lowest BCUT2D eigenvalue weighted by molar-refractivity contribution is -0.118. The SMILES string of the molecule is Cc1ccc(-n2cnnc2SCC(=O)NCC(C)(C)c2ccccc2)cc1C. The van der Waals surface area contributed by atoms with E-state index in [4.69, 9.17) is 0 Å². The van der Waals surface area contributed by atoms with Gasteiger partial charge in [0.05, 0.1) is 5.75 Å². The highest BCUT2D eigenvalue weighted by Gasteiger charge is 2.21. The molecule has 1 heterocycles. The number of carbonyl (C=O) groups excluding carboxylic acids is 1. The van der Waals surface area contributed by atoms with Crippen molar-refractivity contribution in [2.75, 3.05) is 12.3 Å². The molecule has 0 radical (unpaired) electrons. The molecular weight excluding hydrogens is 368 g/mol. The number of rotatable bonds is 7. The molecule has 3 rings (SSSR count). The zero-order valence-corrected chi connectivity index (χ0v) is 17.6. The van der Waals surface area contributed by atoms with Crippen LogP contribution in [-0.4, -0.2) is 33.0 Å². The average molecular weight is 395 g/mol. The van der Waals surface area contributed by atoms with Crippen LogP contribution in [0.5, 0.6) is 0 Å². The summed E-state index contributed by atoms with van der Waals surface area (Å²) in [5, 5.41) is 11.9. The minimum Gasteiger partial charge on any atom is -0.355 e. The Morgan fingerprint density at radius 3 is 2.57 bits per heavy atom. The average Bonchev–Trinajstić information content (AvgIpc) is 3.16. The van der Waals surface area contributed by atoms with E-state index in [1.807, 2.05) is 28.8 Å². The summed E-state index contributed by atoms with van der Waals surface area (Å²) in [6.45, 7) is 9.01. The van der Waals surface area contributed by atoms with E-state index < -0.39 is 0 Å². The lowest BCUT2D eigenvalue weighted by Crippen LogP contribution is -2.37. The Balaban J connectivity index is 1.58. The number of hydrogen-bond acceptors (Lipinski definition) is 4. The highest BCUT2D eigenvalue weighted by molar-refractivity contribution is 7.99. The van der Waals surface area contributed by atoms with Gasteiger partial charge in [0.1, 0.15) is 6.33 Å². The maximum Gasteiger partial charge on any atom is 0.230 e.